The van der Waals surface area contributed by atoms with Crippen LogP contribution in [-0.2, 0) is 12.8 Å². The fourth-order valence-electron chi connectivity index (χ4n) is 4.14. The van der Waals surface area contributed by atoms with E-state index in [-0.39, 0.29) is 0 Å². The highest BCUT2D eigenvalue weighted by atomic mass is 32.1. The van der Waals surface area contributed by atoms with Crippen molar-refractivity contribution < 1.29 is 0 Å². The van der Waals surface area contributed by atoms with E-state index >= 15 is 0 Å². The fourth-order valence-corrected chi connectivity index (χ4v) is 5.40. The molecule has 0 radical (unpaired) electrons. The summed E-state index contributed by atoms with van der Waals surface area (Å²) in [6, 6.07) is 0.466. The average Bonchev–Trinajstić information content (AvgIpc) is 3.09. The van der Waals surface area contributed by atoms with E-state index in [4.69, 9.17) is 9.97 Å². The van der Waals surface area contributed by atoms with E-state index in [1.54, 1.807) is 18.6 Å². The van der Waals surface area contributed by atoms with Crippen LogP contribution in [0.1, 0.15) is 36.1 Å². The molecular formula is C20H24N6S. The van der Waals surface area contributed by atoms with Crippen molar-refractivity contribution in [1.29, 1.82) is 0 Å². The average molecular weight is 381 g/mol. The SMILES string of the molecule is CN1CCC(Nc2nc(-c3cnccn3)nc3sc4c(c23)CCCC4)CC1. The van der Waals surface area contributed by atoms with Gasteiger partial charge in [-0.2, -0.15) is 0 Å². The quantitative estimate of drug-likeness (QED) is 0.750. The maximum absolute atomic E-state index is 4.93. The summed E-state index contributed by atoms with van der Waals surface area (Å²) in [4.78, 5) is 23.4. The summed E-state index contributed by atoms with van der Waals surface area (Å²) in [5.74, 6) is 1.67. The fraction of sp³-hybridized carbons (Fsp3) is 0.500. The van der Waals surface area contributed by atoms with Crippen LogP contribution >= 0.6 is 11.3 Å². The topological polar surface area (TPSA) is 66.8 Å². The maximum Gasteiger partial charge on any atom is 0.183 e. The molecule has 0 bridgehead atoms. The number of hydrogen-bond acceptors (Lipinski definition) is 7. The Labute approximate surface area is 163 Å². The van der Waals surface area contributed by atoms with Gasteiger partial charge in [-0.3, -0.25) is 4.98 Å². The number of hydrogen-bond donors (Lipinski definition) is 1. The molecule has 27 heavy (non-hydrogen) atoms. The lowest BCUT2D eigenvalue weighted by atomic mass is 9.96. The molecule has 0 unspecified atom stereocenters. The molecule has 0 saturated carbocycles. The van der Waals surface area contributed by atoms with Crippen molar-refractivity contribution >= 4 is 27.4 Å². The molecule has 0 spiro atoms. The van der Waals surface area contributed by atoms with Gasteiger partial charge in [0.05, 0.1) is 11.6 Å². The number of anilines is 1. The highest BCUT2D eigenvalue weighted by molar-refractivity contribution is 7.19. The molecule has 0 atom stereocenters. The Bertz CT molecular complexity index is 946. The molecule has 140 valence electrons. The Morgan fingerprint density at radius 3 is 2.78 bits per heavy atom. The van der Waals surface area contributed by atoms with Crippen LogP contribution in [-0.4, -0.2) is 51.0 Å². The lowest BCUT2D eigenvalue weighted by Gasteiger charge is -2.30. The largest absolute Gasteiger partial charge is 0.367 e. The highest BCUT2D eigenvalue weighted by Crippen LogP contribution is 2.39. The van der Waals surface area contributed by atoms with Crippen molar-refractivity contribution in [2.45, 2.75) is 44.6 Å². The first kappa shape index (κ1) is 17.0. The molecule has 1 fully saturated rings. The van der Waals surface area contributed by atoms with Gasteiger partial charge in [0, 0.05) is 23.3 Å². The number of piperidine rings is 1. The van der Waals surface area contributed by atoms with Gasteiger partial charge in [-0.05, 0) is 64.2 Å². The first-order chi connectivity index (χ1) is 13.3. The highest BCUT2D eigenvalue weighted by Gasteiger charge is 2.24. The zero-order chi connectivity index (χ0) is 18.2. The van der Waals surface area contributed by atoms with Crippen molar-refractivity contribution in [3.63, 3.8) is 0 Å². The van der Waals surface area contributed by atoms with Crippen LogP contribution in [0.25, 0.3) is 21.7 Å². The number of nitrogens with zero attached hydrogens (tertiary/aromatic N) is 5. The first-order valence-corrected chi connectivity index (χ1v) is 10.6. The second kappa shape index (κ2) is 7.13. The minimum Gasteiger partial charge on any atom is -0.367 e. The molecule has 4 heterocycles. The number of nitrogens with one attached hydrogen (secondary N) is 1. The molecule has 0 aromatic carbocycles. The number of likely N-dealkylation sites (tertiary alicyclic amines) is 1. The zero-order valence-corrected chi connectivity index (χ0v) is 16.4. The Kier molecular flexibility index (Phi) is 4.49. The first-order valence-electron chi connectivity index (χ1n) is 9.81. The van der Waals surface area contributed by atoms with Gasteiger partial charge in [0.15, 0.2) is 5.82 Å². The van der Waals surface area contributed by atoms with Crippen LogP contribution in [0, 0.1) is 0 Å². The van der Waals surface area contributed by atoms with Crippen LogP contribution in [0.3, 0.4) is 0 Å². The molecule has 7 heteroatoms. The Hall–Kier alpha value is -2.12. The summed E-state index contributed by atoms with van der Waals surface area (Å²) < 4.78 is 0. The summed E-state index contributed by atoms with van der Waals surface area (Å²) in [7, 11) is 2.19. The Morgan fingerprint density at radius 2 is 1.96 bits per heavy atom. The number of aryl methyl sites for hydroxylation is 2. The number of aromatic nitrogens is 4. The van der Waals surface area contributed by atoms with Gasteiger partial charge in [-0.1, -0.05) is 0 Å². The number of rotatable bonds is 3. The van der Waals surface area contributed by atoms with Crippen molar-refractivity contribution in [2.75, 3.05) is 25.5 Å². The smallest absolute Gasteiger partial charge is 0.183 e. The van der Waals surface area contributed by atoms with Gasteiger partial charge in [-0.15, -0.1) is 11.3 Å². The molecule has 5 rings (SSSR count). The van der Waals surface area contributed by atoms with Gasteiger partial charge in [0.1, 0.15) is 16.3 Å². The predicted molar refractivity (Wildman–Crippen MR) is 109 cm³/mol. The molecule has 1 aliphatic heterocycles. The third-order valence-electron chi connectivity index (χ3n) is 5.67. The summed E-state index contributed by atoms with van der Waals surface area (Å²) in [6.45, 7) is 2.26. The van der Waals surface area contributed by atoms with Crippen LogP contribution in [0.4, 0.5) is 5.82 Å². The van der Waals surface area contributed by atoms with Crippen LogP contribution in [0.5, 0.6) is 0 Å². The van der Waals surface area contributed by atoms with Gasteiger partial charge >= 0.3 is 0 Å². The standard InChI is InChI=1S/C20H24N6S/c1-26-10-6-13(7-11-26)23-19-17-14-4-2-3-5-16(14)27-20(17)25-18(24-19)15-12-21-8-9-22-15/h8-9,12-13H,2-7,10-11H2,1H3,(H,23,24,25). The molecule has 1 N–H and O–H groups in total. The van der Waals surface area contributed by atoms with Crippen molar-refractivity contribution in [2.24, 2.45) is 0 Å². The molecule has 3 aromatic heterocycles. The molecule has 2 aliphatic rings. The van der Waals surface area contributed by atoms with Crippen LogP contribution < -0.4 is 5.32 Å². The molecule has 0 amide bonds. The van der Waals surface area contributed by atoms with E-state index in [9.17, 15) is 0 Å². The molecule has 3 aromatic rings. The lowest BCUT2D eigenvalue weighted by Crippen LogP contribution is -2.37. The second-order valence-electron chi connectivity index (χ2n) is 7.60. The van der Waals surface area contributed by atoms with E-state index in [2.05, 4.69) is 27.2 Å². The summed E-state index contributed by atoms with van der Waals surface area (Å²) >= 11 is 1.84. The minimum atomic E-state index is 0.466. The summed E-state index contributed by atoms with van der Waals surface area (Å²) in [5.41, 5.74) is 2.21. The third-order valence-corrected chi connectivity index (χ3v) is 6.85. The van der Waals surface area contributed by atoms with Gasteiger partial charge in [-0.25, -0.2) is 15.0 Å². The van der Waals surface area contributed by atoms with Gasteiger partial charge in [0.2, 0.25) is 0 Å². The zero-order valence-electron chi connectivity index (χ0n) is 15.6. The van der Waals surface area contributed by atoms with E-state index in [0.29, 0.717) is 11.9 Å². The van der Waals surface area contributed by atoms with Crippen molar-refractivity contribution in [3.05, 3.63) is 29.0 Å². The van der Waals surface area contributed by atoms with Gasteiger partial charge in [0.25, 0.3) is 0 Å². The number of thiophene rings is 1. The van der Waals surface area contributed by atoms with Crippen molar-refractivity contribution in [3.8, 4) is 11.5 Å². The van der Waals surface area contributed by atoms with Crippen molar-refractivity contribution in [1.82, 2.24) is 24.8 Å². The predicted octanol–water partition coefficient (Wildman–Crippen LogP) is 3.53. The van der Waals surface area contributed by atoms with Crippen LogP contribution in [0.2, 0.25) is 0 Å². The second-order valence-corrected chi connectivity index (χ2v) is 8.68. The maximum atomic E-state index is 4.93. The normalized spacial score (nSPS) is 18.6. The minimum absolute atomic E-state index is 0.466. The van der Waals surface area contributed by atoms with E-state index in [1.165, 1.54) is 35.1 Å². The monoisotopic (exact) mass is 380 g/mol. The molecule has 6 nitrogen and oxygen atoms in total. The molecule has 1 saturated heterocycles. The Morgan fingerprint density at radius 1 is 1.11 bits per heavy atom. The van der Waals surface area contributed by atoms with Crippen LogP contribution in [0.15, 0.2) is 18.6 Å². The Balaban J connectivity index is 1.60. The molecule has 1 aliphatic carbocycles. The molecular weight excluding hydrogens is 356 g/mol. The number of fused-ring (bicyclic) bond motifs is 3. The van der Waals surface area contributed by atoms with E-state index in [0.717, 1.165) is 48.7 Å². The summed E-state index contributed by atoms with van der Waals surface area (Å²) in [5, 5.41) is 5.02. The lowest BCUT2D eigenvalue weighted by molar-refractivity contribution is 0.264. The third kappa shape index (κ3) is 3.30. The summed E-state index contributed by atoms with van der Waals surface area (Å²) in [6.07, 6.45) is 12.3. The van der Waals surface area contributed by atoms with Gasteiger partial charge < -0.3 is 10.2 Å². The van der Waals surface area contributed by atoms with E-state index < -0.39 is 0 Å². The van der Waals surface area contributed by atoms with E-state index in [1.807, 2.05) is 11.3 Å².